The molecule has 0 unspecified atom stereocenters. The van der Waals surface area contributed by atoms with Crippen molar-refractivity contribution in [2.75, 3.05) is 13.6 Å². The summed E-state index contributed by atoms with van der Waals surface area (Å²) >= 11 is 0. The van der Waals surface area contributed by atoms with Crippen LogP contribution in [0, 0.1) is 12.7 Å². The van der Waals surface area contributed by atoms with Gasteiger partial charge in [0.2, 0.25) is 0 Å². The SMILES string of the molecule is Cc1cc(N=C(NO)c2nonc2CCCN(C)S(N)(=O)=O)ccc1F. The second-order valence-electron chi connectivity index (χ2n) is 5.54. The van der Waals surface area contributed by atoms with E-state index in [9.17, 15) is 18.0 Å². The molecule has 142 valence electrons. The van der Waals surface area contributed by atoms with Gasteiger partial charge in [-0.1, -0.05) is 5.16 Å². The molecule has 0 bridgehead atoms. The van der Waals surface area contributed by atoms with Gasteiger partial charge in [-0.2, -0.15) is 12.7 Å². The zero-order chi connectivity index (χ0) is 19.3. The van der Waals surface area contributed by atoms with Gasteiger partial charge < -0.3 is 0 Å². The molecule has 0 aliphatic heterocycles. The molecule has 2 rings (SSSR count). The van der Waals surface area contributed by atoms with E-state index in [4.69, 9.17) is 5.14 Å². The van der Waals surface area contributed by atoms with Crippen molar-refractivity contribution >= 4 is 21.7 Å². The highest BCUT2D eigenvalue weighted by atomic mass is 32.2. The first-order chi connectivity index (χ1) is 12.2. The number of nitrogens with two attached hydrogens (primary N) is 1. The third-order valence-electron chi connectivity index (χ3n) is 3.59. The lowest BCUT2D eigenvalue weighted by atomic mass is 10.2. The predicted molar refractivity (Wildman–Crippen MR) is 90.6 cm³/mol. The number of aromatic nitrogens is 2. The first kappa shape index (κ1) is 19.9. The van der Waals surface area contributed by atoms with Gasteiger partial charge in [0.05, 0.1) is 5.69 Å². The smallest absolute Gasteiger partial charge is 0.276 e. The minimum absolute atomic E-state index is 0.0351. The fourth-order valence-electron chi connectivity index (χ4n) is 2.11. The van der Waals surface area contributed by atoms with Crippen LogP contribution in [0.1, 0.15) is 23.4 Å². The van der Waals surface area contributed by atoms with Gasteiger partial charge >= 0.3 is 0 Å². The molecule has 1 aromatic heterocycles. The summed E-state index contributed by atoms with van der Waals surface area (Å²) in [5, 5.41) is 21.8. The normalized spacial score (nSPS) is 12.6. The van der Waals surface area contributed by atoms with E-state index in [1.165, 1.54) is 25.2 Å². The molecule has 0 aliphatic carbocycles. The maximum Gasteiger partial charge on any atom is 0.276 e. The van der Waals surface area contributed by atoms with E-state index in [0.29, 0.717) is 29.8 Å². The van der Waals surface area contributed by atoms with Crippen molar-refractivity contribution in [3.05, 3.63) is 41.0 Å². The van der Waals surface area contributed by atoms with Gasteiger partial charge in [0.25, 0.3) is 10.2 Å². The summed E-state index contributed by atoms with van der Waals surface area (Å²) in [7, 11) is -2.40. The fraction of sp³-hybridized carbons (Fsp3) is 0.357. The van der Waals surface area contributed by atoms with E-state index in [1.54, 1.807) is 6.92 Å². The summed E-state index contributed by atoms with van der Waals surface area (Å²) in [4.78, 5) is 4.16. The lowest BCUT2D eigenvalue weighted by molar-refractivity contribution is 0.234. The van der Waals surface area contributed by atoms with Gasteiger partial charge in [0, 0.05) is 13.6 Å². The molecular formula is C14H19FN6O4S. The molecule has 12 heteroatoms. The predicted octanol–water partition coefficient (Wildman–Crippen LogP) is 0.642. The highest BCUT2D eigenvalue weighted by Crippen LogP contribution is 2.18. The first-order valence-electron chi connectivity index (χ1n) is 7.53. The van der Waals surface area contributed by atoms with E-state index in [-0.39, 0.29) is 23.9 Å². The standard InChI is InChI=1S/C14H19FN6O4S/c1-9-8-10(5-6-11(9)15)17-14(18-22)13-12(19-25-20-13)4-3-7-21(2)26(16,23)24/h5-6,8,22H,3-4,7H2,1-2H3,(H,17,18)(H2,16,23,24). The first-order valence-corrected chi connectivity index (χ1v) is 9.03. The number of nitrogens with one attached hydrogen (secondary N) is 1. The summed E-state index contributed by atoms with van der Waals surface area (Å²) in [6.07, 6.45) is 0.699. The molecule has 2 aromatic rings. The Labute approximate surface area is 149 Å². The van der Waals surface area contributed by atoms with E-state index in [1.807, 2.05) is 5.48 Å². The highest BCUT2D eigenvalue weighted by molar-refractivity contribution is 7.86. The highest BCUT2D eigenvalue weighted by Gasteiger charge is 2.18. The van der Waals surface area contributed by atoms with Gasteiger partial charge in [-0.05, 0) is 48.7 Å². The van der Waals surface area contributed by atoms with Crippen LogP contribution in [0.2, 0.25) is 0 Å². The molecule has 26 heavy (non-hydrogen) atoms. The van der Waals surface area contributed by atoms with Crippen LogP contribution in [0.4, 0.5) is 10.1 Å². The average molecular weight is 386 g/mol. The molecule has 10 nitrogen and oxygen atoms in total. The second-order valence-corrected chi connectivity index (χ2v) is 7.19. The molecule has 0 spiro atoms. The van der Waals surface area contributed by atoms with Crippen molar-refractivity contribution in [3.63, 3.8) is 0 Å². The van der Waals surface area contributed by atoms with Crippen molar-refractivity contribution in [3.8, 4) is 0 Å². The number of rotatable bonds is 7. The van der Waals surface area contributed by atoms with Gasteiger partial charge in [-0.25, -0.2) is 19.2 Å². The van der Waals surface area contributed by atoms with Crippen LogP contribution in [-0.2, 0) is 16.6 Å². The molecule has 0 amide bonds. The topological polar surface area (TPSA) is 147 Å². The van der Waals surface area contributed by atoms with Crippen molar-refractivity contribution in [2.45, 2.75) is 19.8 Å². The minimum Gasteiger partial charge on any atom is -0.290 e. The molecule has 0 radical (unpaired) electrons. The lowest BCUT2D eigenvalue weighted by Crippen LogP contribution is -2.34. The molecule has 4 N–H and O–H groups in total. The van der Waals surface area contributed by atoms with Crippen LogP contribution in [0.5, 0.6) is 0 Å². The third-order valence-corrected chi connectivity index (χ3v) is 4.64. The summed E-state index contributed by atoms with van der Waals surface area (Å²) in [5.41, 5.74) is 3.23. The number of hydrogen-bond donors (Lipinski definition) is 3. The third kappa shape index (κ3) is 5.05. The molecule has 1 heterocycles. The number of halogens is 1. The van der Waals surface area contributed by atoms with Crippen molar-refractivity contribution < 1.29 is 22.6 Å². The van der Waals surface area contributed by atoms with Crippen molar-refractivity contribution in [2.24, 2.45) is 10.1 Å². The largest absolute Gasteiger partial charge is 0.290 e. The Hall–Kier alpha value is -2.41. The summed E-state index contributed by atoms with van der Waals surface area (Å²) in [6.45, 7) is 1.76. The molecule has 0 saturated heterocycles. The number of amidine groups is 1. The number of nitrogens with zero attached hydrogens (tertiary/aromatic N) is 4. The fourth-order valence-corrected chi connectivity index (χ4v) is 2.49. The number of benzene rings is 1. The molecule has 0 atom stereocenters. The Morgan fingerprint density at radius 1 is 1.46 bits per heavy atom. The van der Waals surface area contributed by atoms with Crippen molar-refractivity contribution in [1.82, 2.24) is 20.1 Å². The van der Waals surface area contributed by atoms with Crippen LogP contribution < -0.4 is 10.6 Å². The van der Waals surface area contributed by atoms with Gasteiger partial charge in [-0.15, -0.1) is 0 Å². The Morgan fingerprint density at radius 2 is 2.19 bits per heavy atom. The number of hydrogen-bond acceptors (Lipinski definition) is 7. The number of hydroxylamine groups is 1. The quantitative estimate of drug-likeness (QED) is 0.359. The van der Waals surface area contributed by atoms with Crippen LogP contribution in [0.15, 0.2) is 27.8 Å². The Bertz CT molecular complexity index is 899. The maximum atomic E-state index is 13.3. The van der Waals surface area contributed by atoms with E-state index in [0.717, 1.165) is 4.31 Å². The van der Waals surface area contributed by atoms with Gasteiger partial charge in [0.1, 0.15) is 11.5 Å². The van der Waals surface area contributed by atoms with Gasteiger partial charge in [0.15, 0.2) is 11.5 Å². The number of aliphatic imine (C=N–C) groups is 1. The Kier molecular flexibility index (Phi) is 6.37. The van der Waals surface area contributed by atoms with Crippen molar-refractivity contribution in [1.29, 1.82) is 0 Å². The number of aryl methyl sites for hydroxylation is 2. The minimum atomic E-state index is -3.76. The average Bonchev–Trinajstić information content (AvgIpc) is 3.03. The summed E-state index contributed by atoms with van der Waals surface area (Å²) in [5.74, 6) is -0.405. The van der Waals surface area contributed by atoms with E-state index in [2.05, 4.69) is 19.9 Å². The van der Waals surface area contributed by atoms with Crippen LogP contribution in [0.25, 0.3) is 0 Å². The van der Waals surface area contributed by atoms with Crippen LogP contribution in [-0.4, -0.2) is 47.7 Å². The van der Waals surface area contributed by atoms with E-state index < -0.39 is 10.2 Å². The van der Waals surface area contributed by atoms with Crippen LogP contribution >= 0.6 is 0 Å². The van der Waals surface area contributed by atoms with Gasteiger partial charge in [-0.3, -0.25) is 10.7 Å². The maximum absolute atomic E-state index is 13.3. The van der Waals surface area contributed by atoms with E-state index >= 15 is 0 Å². The molecular weight excluding hydrogens is 367 g/mol. The zero-order valence-corrected chi connectivity index (χ0v) is 15.0. The summed E-state index contributed by atoms with van der Waals surface area (Å²) < 4.78 is 41.4. The molecule has 0 saturated carbocycles. The monoisotopic (exact) mass is 386 g/mol. The zero-order valence-electron chi connectivity index (χ0n) is 14.2. The lowest BCUT2D eigenvalue weighted by Gasteiger charge is -2.12. The Morgan fingerprint density at radius 3 is 2.81 bits per heavy atom. The molecule has 0 fully saturated rings. The molecule has 1 aromatic carbocycles. The van der Waals surface area contributed by atoms with Crippen LogP contribution in [0.3, 0.4) is 0 Å². The second kappa shape index (κ2) is 8.31. The summed E-state index contributed by atoms with van der Waals surface area (Å²) in [6, 6.07) is 4.20. The molecule has 0 aliphatic rings. The Balaban J connectivity index is 2.16.